The summed E-state index contributed by atoms with van der Waals surface area (Å²) < 4.78 is 16.0. The van der Waals surface area contributed by atoms with Gasteiger partial charge in [0.1, 0.15) is 11.3 Å². The van der Waals surface area contributed by atoms with Gasteiger partial charge in [0.25, 0.3) is 0 Å². The third-order valence-electron chi connectivity index (χ3n) is 2.85. The average Bonchev–Trinajstić information content (AvgIpc) is 2.84. The van der Waals surface area contributed by atoms with E-state index in [-0.39, 0.29) is 0 Å². The summed E-state index contributed by atoms with van der Waals surface area (Å²) in [5.74, 6) is 0.974. The van der Waals surface area contributed by atoms with Crippen molar-refractivity contribution in [1.29, 1.82) is 0 Å². The highest BCUT2D eigenvalue weighted by atomic mass is 16.5. The molecule has 0 unspecified atom stereocenters. The van der Waals surface area contributed by atoms with E-state index in [0.717, 1.165) is 42.8 Å². The van der Waals surface area contributed by atoms with Gasteiger partial charge in [-0.15, -0.1) is 0 Å². The molecule has 4 heteroatoms. The van der Waals surface area contributed by atoms with Crippen LogP contribution in [0.25, 0.3) is 11.0 Å². The van der Waals surface area contributed by atoms with Crippen LogP contribution in [-0.2, 0) is 16.0 Å². The van der Waals surface area contributed by atoms with Crippen molar-refractivity contribution in [2.45, 2.75) is 13.0 Å². The number of nitrogens with one attached hydrogen (secondary N) is 1. The van der Waals surface area contributed by atoms with Crippen molar-refractivity contribution in [2.24, 2.45) is 0 Å². The zero-order valence-corrected chi connectivity index (χ0v) is 11.4. The fraction of sp³-hybridized carbons (Fsp3) is 0.467. The molecular formula is C15H21NO3. The van der Waals surface area contributed by atoms with E-state index >= 15 is 0 Å². The molecule has 1 heterocycles. The Hall–Kier alpha value is -1.36. The molecule has 0 atom stereocenters. The van der Waals surface area contributed by atoms with Crippen molar-refractivity contribution in [2.75, 3.05) is 33.5 Å². The number of hydrogen-bond acceptors (Lipinski definition) is 4. The summed E-state index contributed by atoms with van der Waals surface area (Å²) in [6.07, 6.45) is 0.990. The van der Waals surface area contributed by atoms with Crippen LogP contribution in [0.5, 0.6) is 0 Å². The van der Waals surface area contributed by atoms with Crippen LogP contribution < -0.4 is 5.32 Å². The minimum absolute atomic E-state index is 0.659. The van der Waals surface area contributed by atoms with Crippen LogP contribution in [0.2, 0.25) is 0 Å². The number of benzene rings is 1. The zero-order chi connectivity index (χ0) is 13.3. The Morgan fingerprint density at radius 3 is 2.89 bits per heavy atom. The first kappa shape index (κ1) is 14.1. The van der Waals surface area contributed by atoms with E-state index in [1.807, 2.05) is 18.2 Å². The SMILES string of the molecule is COCCOCCCNCc1cc2ccccc2o1. The molecule has 2 aromatic rings. The molecule has 2 rings (SSSR count). The maximum absolute atomic E-state index is 5.72. The zero-order valence-electron chi connectivity index (χ0n) is 11.4. The van der Waals surface area contributed by atoms with Gasteiger partial charge in [0.2, 0.25) is 0 Å². The van der Waals surface area contributed by atoms with E-state index in [4.69, 9.17) is 13.9 Å². The number of furan rings is 1. The highest BCUT2D eigenvalue weighted by Gasteiger charge is 2.01. The van der Waals surface area contributed by atoms with Crippen LogP contribution in [0.1, 0.15) is 12.2 Å². The first-order chi connectivity index (χ1) is 9.40. The predicted octanol–water partition coefficient (Wildman–Crippen LogP) is 2.58. The molecule has 0 saturated heterocycles. The lowest BCUT2D eigenvalue weighted by atomic mass is 10.2. The van der Waals surface area contributed by atoms with E-state index in [2.05, 4.69) is 17.4 Å². The van der Waals surface area contributed by atoms with Crippen LogP contribution in [-0.4, -0.2) is 33.5 Å². The third-order valence-corrected chi connectivity index (χ3v) is 2.85. The summed E-state index contributed by atoms with van der Waals surface area (Å²) >= 11 is 0. The Kier molecular flexibility index (Phi) is 5.88. The van der Waals surface area contributed by atoms with Gasteiger partial charge in [-0.05, 0) is 25.1 Å². The molecule has 0 saturated carbocycles. The first-order valence-electron chi connectivity index (χ1n) is 6.65. The van der Waals surface area contributed by atoms with Crippen LogP contribution >= 0.6 is 0 Å². The number of hydrogen-bond donors (Lipinski definition) is 1. The van der Waals surface area contributed by atoms with Gasteiger partial charge in [-0.25, -0.2) is 0 Å². The Balaban J connectivity index is 1.60. The van der Waals surface area contributed by atoms with E-state index in [1.165, 1.54) is 0 Å². The molecule has 4 nitrogen and oxygen atoms in total. The van der Waals surface area contributed by atoms with Gasteiger partial charge >= 0.3 is 0 Å². The van der Waals surface area contributed by atoms with Gasteiger partial charge in [-0.3, -0.25) is 0 Å². The topological polar surface area (TPSA) is 43.6 Å². The molecule has 1 aromatic carbocycles. The summed E-state index contributed by atoms with van der Waals surface area (Å²) in [5, 5.41) is 4.50. The molecule has 0 radical (unpaired) electrons. The minimum atomic E-state index is 0.659. The van der Waals surface area contributed by atoms with Crippen LogP contribution in [0.15, 0.2) is 34.7 Å². The third kappa shape index (κ3) is 4.67. The Morgan fingerprint density at radius 1 is 1.16 bits per heavy atom. The molecule has 0 spiro atoms. The molecule has 0 aliphatic carbocycles. The molecular weight excluding hydrogens is 242 g/mol. The van der Waals surface area contributed by atoms with Gasteiger partial charge < -0.3 is 19.2 Å². The number of rotatable bonds is 9. The Labute approximate surface area is 113 Å². The van der Waals surface area contributed by atoms with Gasteiger partial charge in [-0.1, -0.05) is 18.2 Å². The largest absolute Gasteiger partial charge is 0.460 e. The van der Waals surface area contributed by atoms with Crippen molar-refractivity contribution < 1.29 is 13.9 Å². The normalized spacial score (nSPS) is 11.2. The lowest BCUT2D eigenvalue weighted by Crippen LogP contribution is -2.16. The highest BCUT2D eigenvalue weighted by Crippen LogP contribution is 2.18. The second-order valence-electron chi connectivity index (χ2n) is 4.39. The number of para-hydroxylation sites is 1. The highest BCUT2D eigenvalue weighted by molar-refractivity contribution is 5.77. The summed E-state index contributed by atoms with van der Waals surface area (Å²) in [6.45, 7) is 3.76. The first-order valence-corrected chi connectivity index (χ1v) is 6.65. The second kappa shape index (κ2) is 7.94. The molecule has 0 aliphatic heterocycles. The van der Waals surface area contributed by atoms with Crippen molar-refractivity contribution in [3.63, 3.8) is 0 Å². The standard InChI is InChI=1S/C15H21NO3/c1-17-9-10-18-8-4-7-16-12-14-11-13-5-2-3-6-15(13)19-14/h2-3,5-6,11,16H,4,7-10,12H2,1H3. The van der Waals surface area contributed by atoms with E-state index in [0.29, 0.717) is 13.2 Å². The van der Waals surface area contributed by atoms with E-state index in [9.17, 15) is 0 Å². The van der Waals surface area contributed by atoms with Crippen molar-refractivity contribution in [1.82, 2.24) is 5.32 Å². The Bertz CT molecular complexity index is 448. The van der Waals surface area contributed by atoms with Crippen LogP contribution in [0.4, 0.5) is 0 Å². The summed E-state index contributed by atoms with van der Waals surface area (Å²) in [7, 11) is 1.68. The maximum Gasteiger partial charge on any atom is 0.134 e. The molecule has 0 amide bonds. The summed E-state index contributed by atoms with van der Waals surface area (Å²) in [6, 6.07) is 10.1. The minimum Gasteiger partial charge on any atom is -0.460 e. The van der Waals surface area contributed by atoms with Crippen molar-refractivity contribution >= 4 is 11.0 Å². The van der Waals surface area contributed by atoms with Crippen LogP contribution in [0, 0.1) is 0 Å². The second-order valence-corrected chi connectivity index (χ2v) is 4.39. The predicted molar refractivity (Wildman–Crippen MR) is 75.2 cm³/mol. The lowest BCUT2D eigenvalue weighted by Gasteiger charge is -2.04. The van der Waals surface area contributed by atoms with Gasteiger partial charge in [0.15, 0.2) is 0 Å². The fourth-order valence-electron chi connectivity index (χ4n) is 1.88. The summed E-state index contributed by atoms with van der Waals surface area (Å²) in [5.41, 5.74) is 0.946. The molecule has 0 aliphatic rings. The number of fused-ring (bicyclic) bond motifs is 1. The maximum atomic E-state index is 5.72. The number of ether oxygens (including phenoxy) is 2. The van der Waals surface area contributed by atoms with E-state index < -0.39 is 0 Å². The van der Waals surface area contributed by atoms with Crippen molar-refractivity contribution in [3.05, 3.63) is 36.1 Å². The molecule has 0 bridgehead atoms. The molecule has 1 aromatic heterocycles. The molecule has 19 heavy (non-hydrogen) atoms. The Morgan fingerprint density at radius 2 is 2.05 bits per heavy atom. The molecule has 0 fully saturated rings. The quantitative estimate of drug-likeness (QED) is 0.706. The fourth-order valence-corrected chi connectivity index (χ4v) is 1.88. The van der Waals surface area contributed by atoms with Gasteiger partial charge in [-0.2, -0.15) is 0 Å². The number of methoxy groups -OCH3 is 1. The molecule has 104 valence electrons. The lowest BCUT2D eigenvalue weighted by molar-refractivity contribution is 0.0694. The summed E-state index contributed by atoms with van der Waals surface area (Å²) in [4.78, 5) is 0. The molecule has 1 N–H and O–H groups in total. The van der Waals surface area contributed by atoms with Gasteiger partial charge in [0, 0.05) is 19.1 Å². The van der Waals surface area contributed by atoms with Crippen molar-refractivity contribution in [3.8, 4) is 0 Å². The van der Waals surface area contributed by atoms with Crippen LogP contribution in [0.3, 0.4) is 0 Å². The van der Waals surface area contributed by atoms with Gasteiger partial charge in [0.05, 0.1) is 19.8 Å². The monoisotopic (exact) mass is 263 g/mol. The smallest absolute Gasteiger partial charge is 0.134 e. The van der Waals surface area contributed by atoms with E-state index in [1.54, 1.807) is 7.11 Å². The average molecular weight is 263 g/mol.